The van der Waals surface area contributed by atoms with Crippen LogP contribution in [0.3, 0.4) is 0 Å². The Hall–Kier alpha value is -4.08. The van der Waals surface area contributed by atoms with E-state index in [4.69, 9.17) is 9.47 Å². The molecule has 0 bridgehead atoms. The van der Waals surface area contributed by atoms with E-state index in [1.807, 2.05) is 24.3 Å². The van der Waals surface area contributed by atoms with Crippen molar-refractivity contribution in [2.45, 2.75) is 37.3 Å². The Kier molecular flexibility index (Phi) is 6.03. The number of para-hydroxylation sites is 1. The topological polar surface area (TPSA) is 117 Å². The van der Waals surface area contributed by atoms with Gasteiger partial charge >= 0.3 is 12.1 Å². The van der Waals surface area contributed by atoms with Crippen LogP contribution >= 0.6 is 0 Å². The van der Waals surface area contributed by atoms with E-state index in [9.17, 15) is 19.2 Å². The Balaban J connectivity index is 1.34. The summed E-state index contributed by atoms with van der Waals surface area (Å²) in [6.07, 6.45) is 1.56. The van der Waals surface area contributed by atoms with E-state index >= 15 is 0 Å². The van der Waals surface area contributed by atoms with Crippen LogP contribution in [0.25, 0.3) is 0 Å². The van der Waals surface area contributed by atoms with Crippen LogP contribution in [-0.4, -0.2) is 61.0 Å². The molecular formula is C26H28N4O6. The van der Waals surface area contributed by atoms with Crippen LogP contribution in [0.5, 0.6) is 5.75 Å². The second-order valence-corrected chi connectivity index (χ2v) is 9.15. The lowest BCUT2D eigenvalue weighted by atomic mass is 9.94. The van der Waals surface area contributed by atoms with Gasteiger partial charge in [-0.2, -0.15) is 0 Å². The smallest absolute Gasteiger partial charge is 0.418 e. The number of ether oxygens (including phenoxy) is 2. The van der Waals surface area contributed by atoms with E-state index in [1.165, 1.54) is 7.05 Å². The quantitative estimate of drug-likeness (QED) is 0.663. The van der Waals surface area contributed by atoms with Gasteiger partial charge in [-0.1, -0.05) is 24.3 Å². The monoisotopic (exact) mass is 492 g/mol. The van der Waals surface area contributed by atoms with Crippen molar-refractivity contribution in [1.82, 2.24) is 15.1 Å². The summed E-state index contributed by atoms with van der Waals surface area (Å²) in [5.74, 6) is -0.139. The second-order valence-electron chi connectivity index (χ2n) is 9.15. The molecule has 5 amide bonds. The molecule has 1 unspecified atom stereocenters. The second kappa shape index (κ2) is 9.18. The van der Waals surface area contributed by atoms with Crippen molar-refractivity contribution in [2.75, 3.05) is 32.6 Å². The molecule has 2 fully saturated rings. The van der Waals surface area contributed by atoms with E-state index in [0.29, 0.717) is 30.0 Å². The fourth-order valence-electron chi connectivity index (χ4n) is 5.48. The molecule has 2 saturated heterocycles. The third-order valence-electron chi connectivity index (χ3n) is 7.21. The molecule has 0 aromatic heterocycles. The van der Waals surface area contributed by atoms with Crippen LogP contribution in [0.15, 0.2) is 42.5 Å². The van der Waals surface area contributed by atoms with Crippen LogP contribution in [0.1, 0.15) is 42.0 Å². The Labute approximate surface area is 208 Å². The molecule has 2 N–H and O–H groups in total. The lowest BCUT2D eigenvalue weighted by Crippen LogP contribution is -2.44. The van der Waals surface area contributed by atoms with Gasteiger partial charge in [0.2, 0.25) is 11.5 Å². The number of carbonyl (C=O) groups excluding carboxylic acids is 4. The van der Waals surface area contributed by atoms with Crippen molar-refractivity contribution in [1.29, 1.82) is 0 Å². The van der Waals surface area contributed by atoms with E-state index in [-0.39, 0.29) is 30.9 Å². The number of imide groups is 1. The zero-order valence-corrected chi connectivity index (χ0v) is 20.2. The van der Waals surface area contributed by atoms with Crippen LogP contribution in [0, 0.1) is 0 Å². The molecule has 1 spiro atoms. The van der Waals surface area contributed by atoms with Gasteiger partial charge in [0.15, 0.2) is 0 Å². The van der Waals surface area contributed by atoms with Gasteiger partial charge < -0.3 is 25.0 Å². The summed E-state index contributed by atoms with van der Waals surface area (Å²) in [5, 5.41) is 5.19. The predicted octanol–water partition coefficient (Wildman–Crippen LogP) is 2.93. The fraction of sp³-hybridized carbons (Fsp3) is 0.385. The zero-order valence-electron chi connectivity index (χ0n) is 20.2. The number of rotatable bonds is 5. The molecule has 5 rings (SSSR count). The van der Waals surface area contributed by atoms with E-state index in [2.05, 4.69) is 10.6 Å². The van der Waals surface area contributed by atoms with Crippen molar-refractivity contribution < 1.29 is 28.7 Å². The number of aryl methyl sites for hydroxylation is 1. The molecule has 10 heteroatoms. The van der Waals surface area contributed by atoms with Crippen molar-refractivity contribution in [3.8, 4) is 5.75 Å². The first-order valence-corrected chi connectivity index (χ1v) is 12.0. The van der Waals surface area contributed by atoms with Gasteiger partial charge in [0.05, 0.1) is 13.2 Å². The van der Waals surface area contributed by atoms with Gasteiger partial charge in [-0.05, 0) is 43.0 Å². The number of anilines is 1. The summed E-state index contributed by atoms with van der Waals surface area (Å²) >= 11 is 0. The molecule has 0 radical (unpaired) electrons. The summed E-state index contributed by atoms with van der Waals surface area (Å²) in [6.45, 7) is 0.157. The number of urea groups is 1. The number of hydrogen-bond donors (Lipinski definition) is 2. The molecule has 2 heterocycles. The minimum Gasteiger partial charge on any atom is -0.496 e. The lowest BCUT2D eigenvalue weighted by Gasteiger charge is -2.27. The van der Waals surface area contributed by atoms with Crippen molar-refractivity contribution in [3.05, 3.63) is 59.2 Å². The molecule has 36 heavy (non-hydrogen) atoms. The van der Waals surface area contributed by atoms with E-state index in [1.54, 1.807) is 30.2 Å². The number of hydrogen-bond acceptors (Lipinski definition) is 6. The Morgan fingerprint density at radius 3 is 2.78 bits per heavy atom. The van der Waals surface area contributed by atoms with Crippen LogP contribution in [0.2, 0.25) is 0 Å². The van der Waals surface area contributed by atoms with Gasteiger partial charge in [-0.15, -0.1) is 0 Å². The van der Waals surface area contributed by atoms with Gasteiger partial charge in [-0.25, -0.2) is 14.5 Å². The van der Waals surface area contributed by atoms with Gasteiger partial charge in [0.1, 0.15) is 12.3 Å². The highest BCUT2D eigenvalue weighted by Crippen LogP contribution is 2.46. The molecule has 3 aliphatic rings. The average Bonchev–Trinajstić information content (AvgIpc) is 3.57. The molecule has 188 valence electrons. The maximum absolute atomic E-state index is 13.5. The van der Waals surface area contributed by atoms with E-state index in [0.717, 1.165) is 28.9 Å². The zero-order chi connectivity index (χ0) is 25.4. The minimum absolute atomic E-state index is 0.185. The van der Waals surface area contributed by atoms with Crippen molar-refractivity contribution >= 4 is 29.6 Å². The highest BCUT2D eigenvalue weighted by Gasteiger charge is 2.58. The number of amides is 5. The lowest BCUT2D eigenvalue weighted by molar-refractivity contribution is -0.142. The Morgan fingerprint density at radius 2 is 2.00 bits per heavy atom. The highest BCUT2D eigenvalue weighted by atomic mass is 16.6. The van der Waals surface area contributed by atoms with Gasteiger partial charge in [0, 0.05) is 36.8 Å². The number of benzene rings is 2. The predicted molar refractivity (Wildman–Crippen MR) is 129 cm³/mol. The Bertz CT molecular complexity index is 1250. The molecule has 2 aliphatic heterocycles. The molecular weight excluding hydrogens is 464 g/mol. The van der Waals surface area contributed by atoms with E-state index < -0.39 is 17.6 Å². The summed E-state index contributed by atoms with van der Waals surface area (Å²) in [5.41, 5.74) is 1.44. The molecule has 0 saturated carbocycles. The molecule has 2 aromatic rings. The SMILES string of the molecule is CNC(=O)Nc1ccc2c(c1)CCC21OC(=O)N(CC(=O)N2CCC[C@H]2c2ccccc2OC)C1=O. The minimum atomic E-state index is -1.44. The first-order chi connectivity index (χ1) is 17.4. The number of fused-ring (bicyclic) bond motifs is 2. The number of nitrogens with zero attached hydrogens (tertiary/aromatic N) is 2. The van der Waals surface area contributed by atoms with Crippen LogP contribution < -0.4 is 15.4 Å². The van der Waals surface area contributed by atoms with Crippen LogP contribution in [-0.2, 0) is 26.3 Å². The highest BCUT2D eigenvalue weighted by molar-refractivity contribution is 6.06. The Morgan fingerprint density at radius 1 is 1.19 bits per heavy atom. The first kappa shape index (κ1) is 23.7. The van der Waals surface area contributed by atoms with Gasteiger partial charge in [0.25, 0.3) is 5.91 Å². The molecule has 10 nitrogen and oxygen atoms in total. The summed E-state index contributed by atoms with van der Waals surface area (Å²) < 4.78 is 11.1. The molecule has 1 aliphatic carbocycles. The largest absolute Gasteiger partial charge is 0.496 e. The number of carbonyl (C=O) groups is 4. The summed E-state index contributed by atoms with van der Waals surface area (Å²) in [6, 6.07) is 12.2. The number of methoxy groups -OCH3 is 1. The molecule has 2 aromatic carbocycles. The van der Waals surface area contributed by atoms with Crippen LogP contribution in [0.4, 0.5) is 15.3 Å². The standard InChI is InChI=1S/C26H28N4O6/c1-27-24(33)28-17-9-10-19-16(14-17)11-12-26(19)23(32)30(25(34)36-26)15-22(31)29-13-5-7-20(29)18-6-3-4-8-21(18)35-2/h3-4,6,8-10,14,20H,5,7,11-13,15H2,1-2H3,(H2,27,28,33)/t20-,26?/m0/s1. The third-order valence-corrected chi connectivity index (χ3v) is 7.21. The normalized spacial score (nSPS) is 22.6. The van der Waals surface area contributed by atoms with Crippen molar-refractivity contribution in [3.63, 3.8) is 0 Å². The maximum atomic E-state index is 13.5. The van der Waals surface area contributed by atoms with Crippen molar-refractivity contribution in [2.24, 2.45) is 0 Å². The summed E-state index contributed by atoms with van der Waals surface area (Å²) in [7, 11) is 3.11. The third kappa shape index (κ3) is 3.82. The number of likely N-dealkylation sites (tertiary alicyclic amines) is 1. The summed E-state index contributed by atoms with van der Waals surface area (Å²) in [4.78, 5) is 54.0. The number of nitrogens with one attached hydrogen (secondary N) is 2. The molecule has 2 atom stereocenters. The average molecular weight is 493 g/mol. The maximum Gasteiger partial charge on any atom is 0.418 e. The fourth-order valence-corrected chi connectivity index (χ4v) is 5.48. The first-order valence-electron chi connectivity index (χ1n) is 12.0. The van der Waals surface area contributed by atoms with Gasteiger partial charge in [-0.3, -0.25) is 9.59 Å².